The third-order valence-corrected chi connectivity index (χ3v) is 7.25. The van der Waals surface area contributed by atoms with Gasteiger partial charge in [-0.2, -0.15) is 4.39 Å². The molecule has 0 saturated carbocycles. The standard InChI is InChI=1S/C17H14BrF2N3O2S2/c1-10-14(21-9-11-12(18)4-2-5-13(11)19)8-17(26-10)27(24,25)23-16-7-3-6-15(20)22-16/h2-8,21H,9H2,1H3,(H,22,23). The van der Waals surface area contributed by atoms with Crippen molar-refractivity contribution < 1.29 is 17.2 Å². The van der Waals surface area contributed by atoms with E-state index >= 15 is 0 Å². The van der Waals surface area contributed by atoms with Crippen LogP contribution in [-0.2, 0) is 16.6 Å². The Hall–Kier alpha value is -2.04. The number of rotatable bonds is 6. The van der Waals surface area contributed by atoms with Crippen molar-refractivity contribution in [3.63, 3.8) is 0 Å². The van der Waals surface area contributed by atoms with Gasteiger partial charge in [-0.1, -0.05) is 28.1 Å². The van der Waals surface area contributed by atoms with E-state index in [-0.39, 0.29) is 22.4 Å². The van der Waals surface area contributed by atoms with Crippen molar-refractivity contribution in [1.82, 2.24) is 4.98 Å². The first-order valence-corrected chi connectivity index (χ1v) is 10.8. The number of hydrogen-bond acceptors (Lipinski definition) is 5. The highest BCUT2D eigenvalue weighted by molar-refractivity contribution is 9.10. The largest absolute Gasteiger partial charge is 0.380 e. The number of halogens is 3. The van der Waals surface area contributed by atoms with Crippen LogP contribution in [0.2, 0.25) is 0 Å². The summed E-state index contributed by atoms with van der Waals surface area (Å²) in [7, 11) is -3.92. The predicted molar refractivity (Wildman–Crippen MR) is 105 cm³/mol. The molecule has 0 atom stereocenters. The lowest BCUT2D eigenvalue weighted by Crippen LogP contribution is -2.12. The summed E-state index contributed by atoms with van der Waals surface area (Å²) in [5.41, 5.74) is 1.01. The van der Waals surface area contributed by atoms with Gasteiger partial charge >= 0.3 is 0 Å². The molecular formula is C17H14BrF2N3O2S2. The van der Waals surface area contributed by atoms with Crippen LogP contribution in [0.1, 0.15) is 10.4 Å². The number of nitrogens with zero attached hydrogens (tertiary/aromatic N) is 1. The van der Waals surface area contributed by atoms with Crippen molar-refractivity contribution in [2.24, 2.45) is 0 Å². The van der Waals surface area contributed by atoms with Gasteiger partial charge in [0.1, 0.15) is 15.8 Å². The fourth-order valence-electron chi connectivity index (χ4n) is 2.30. The maximum Gasteiger partial charge on any atom is 0.272 e. The Morgan fingerprint density at radius 2 is 1.93 bits per heavy atom. The maximum atomic E-state index is 13.9. The molecule has 27 heavy (non-hydrogen) atoms. The van der Waals surface area contributed by atoms with Crippen molar-refractivity contribution in [3.05, 3.63) is 69.1 Å². The van der Waals surface area contributed by atoms with E-state index in [0.717, 1.165) is 22.3 Å². The van der Waals surface area contributed by atoms with Gasteiger partial charge in [0.15, 0.2) is 0 Å². The van der Waals surface area contributed by atoms with Crippen LogP contribution in [0, 0.1) is 18.7 Å². The third kappa shape index (κ3) is 4.63. The Labute approximate surface area is 167 Å². The van der Waals surface area contributed by atoms with Gasteiger partial charge in [0.05, 0.1) is 0 Å². The van der Waals surface area contributed by atoms with Crippen LogP contribution in [0.15, 0.2) is 51.1 Å². The van der Waals surface area contributed by atoms with Crippen molar-refractivity contribution in [3.8, 4) is 0 Å². The zero-order chi connectivity index (χ0) is 19.6. The maximum absolute atomic E-state index is 13.9. The highest BCUT2D eigenvalue weighted by Crippen LogP contribution is 2.31. The first kappa shape index (κ1) is 19.7. The molecule has 2 N–H and O–H groups in total. The number of benzene rings is 1. The highest BCUT2D eigenvalue weighted by Gasteiger charge is 2.20. The van der Waals surface area contributed by atoms with Gasteiger partial charge < -0.3 is 5.32 Å². The molecule has 2 aromatic heterocycles. The van der Waals surface area contributed by atoms with Crippen LogP contribution < -0.4 is 10.0 Å². The fraction of sp³-hybridized carbons (Fsp3) is 0.118. The minimum absolute atomic E-state index is 0.0427. The van der Waals surface area contributed by atoms with Crippen LogP contribution >= 0.6 is 27.3 Å². The van der Waals surface area contributed by atoms with E-state index in [0.29, 0.717) is 15.7 Å². The average Bonchev–Trinajstić information content (AvgIpc) is 2.96. The second-order valence-electron chi connectivity index (χ2n) is 5.54. The Kier molecular flexibility index (Phi) is 5.78. The Bertz CT molecular complexity index is 1070. The molecule has 5 nitrogen and oxygen atoms in total. The number of pyridine rings is 1. The topological polar surface area (TPSA) is 71.1 Å². The molecule has 142 valence electrons. The van der Waals surface area contributed by atoms with Gasteiger partial charge in [-0.3, -0.25) is 4.72 Å². The van der Waals surface area contributed by atoms with Crippen LogP contribution in [0.5, 0.6) is 0 Å². The van der Waals surface area contributed by atoms with Gasteiger partial charge in [-0.15, -0.1) is 11.3 Å². The smallest absolute Gasteiger partial charge is 0.272 e. The summed E-state index contributed by atoms with van der Waals surface area (Å²) < 4.78 is 55.0. The number of anilines is 2. The summed E-state index contributed by atoms with van der Waals surface area (Å²) in [6, 6.07) is 9.97. The van der Waals surface area contributed by atoms with E-state index < -0.39 is 16.0 Å². The molecule has 10 heteroatoms. The number of nitrogens with one attached hydrogen (secondary N) is 2. The molecule has 0 spiro atoms. The molecule has 3 aromatic rings. The summed E-state index contributed by atoms with van der Waals surface area (Å²) in [5, 5.41) is 3.05. The number of aryl methyl sites for hydroxylation is 1. The van der Waals surface area contributed by atoms with Crippen molar-refractivity contribution in [2.45, 2.75) is 17.7 Å². The molecule has 0 fully saturated rings. The lowest BCUT2D eigenvalue weighted by molar-refractivity contribution is 0.584. The number of hydrogen-bond donors (Lipinski definition) is 2. The van der Waals surface area contributed by atoms with Crippen LogP contribution in [0.3, 0.4) is 0 Å². The highest BCUT2D eigenvalue weighted by atomic mass is 79.9. The zero-order valence-electron chi connectivity index (χ0n) is 14.0. The summed E-state index contributed by atoms with van der Waals surface area (Å²) in [6.45, 7) is 1.94. The van der Waals surface area contributed by atoms with Gasteiger partial charge in [-0.25, -0.2) is 17.8 Å². The van der Waals surface area contributed by atoms with E-state index in [1.165, 1.54) is 24.3 Å². The molecule has 3 rings (SSSR count). The monoisotopic (exact) mass is 473 g/mol. The minimum Gasteiger partial charge on any atom is -0.380 e. The second kappa shape index (κ2) is 7.91. The van der Waals surface area contributed by atoms with Crippen LogP contribution in [0.4, 0.5) is 20.3 Å². The lowest BCUT2D eigenvalue weighted by atomic mass is 10.2. The molecule has 0 aliphatic heterocycles. The molecule has 2 heterocycles. The fourth-order valence-corrected chi connectivity index (χ4v) is 5.20. The van der Waals surface area contributed by atoms with E-state index in [4.69, 9.17) is 0 Å². The Morgan fingerprint density at radius 3 is 2.63 bits per heavy atom. The second-order valence-corrected chi connectivity index (χ2v) is 9.56. The minimum atomic E-state index is -3.92. The first-order chi connectivity index (χ1) is 12.8. The predicted octanol–water partition coefficient (Wildman–Crippen LogP) is 4.91. The number of aromatic nitrogens is 1. The molecule has 0 bridgehead atoms. The van der Waals surface area contributed by atoms with Gasteiger partial charge in [-0.05, 0) is 37.3 Å². The number of thiophene rings is 1. The molecule has 0 aliphatic rings. The summed E-state index contributed by atoms with van der Waals surface area (Å²) in [6.07, 6.45) is 0. The van der Waals surface area contributed by atoms with Gasteiger partial charge in [0.2, 0.25) is 5.95 Å². The van der Waals surface area contributed by atoms with E-state index in [2.05, 4.69) is 31.0 Å². The number of sulfonamides is 1. The van der Waals surface area contributed by atoms with Gasteiger partial charge in [0.25, 0.3) is 10.0 Å². The molecule has 0 saturated heterocycles. The average molecular weight is 474 g/mol. The van der Waals surface area contributed by atoms with E-state index in [1.807, 2.05) is 0 Å². The van der Waals surface area contributed by atoms with Gasteiger partial charge in [0, 0.05) is 27.1 Å². The molecular weight excluding hydrogens is 460 g/mol. The Morgan fingerprint density at radius 1 is 1.19 bits per heavy atom. The van der Waals surface area contributed by atoms with Crippen molar-refractivity contribution >= 4 is 48.8 Å². The van der Waals surface area contributed by atoms with Crippen LogP contribution in [-0.4, -0.2) is 13.4 Å². The molecule has 0 radical (unpaired) electrons. The molecule has 0 aliphatic carbocycles. The van der Waals surface area contributed by atoms with Crippen LogP contribution in [0.25, 0.3) is 0 Å². The Balaban J connectivity index is 1.79. The third-order valence-electron chi connectivity index (χ3n) is 3.63. The molecule has 0 amide bonds. The molecule has 1 aromatic carbocycles. The summed E-state index contributed by atoms with van der Waals surface area (Å²) in [4.78, 5) is 4.21. The summed E-state index contributed by atoms with van der Waals surface area (Å²) in [5.74, 6) is -1.25. The van der Waals surface area contributed by atoms with E-state index in [1.54, 1.807) is 19.1 Å². The SMILES string of the molecule is Cc1sc(S(=O)(=O)Nc2cccc(F)n2)cc1NCc1c(F)cccc1Br. The van der Waals surface area contributed by atoms with Crippen molar-refractivity contribution in [2.75, 3.05) is 10.0 Å². The zero-order valence-corrected chi connectivity index (χ0v) is 17.2. The summed E-state index contributed by atoms with van der Waals surface area (Å²) >= 11 is 4.35. The van der Waals surface area contributed by atoms with E-state index in [9.17, 15) is 17.2 Å². The normalized spacial score (nSPS) is 11.4. The van der Waals surface area contributed by atoms with Crippen molar-refractivity contribution in [1.29, 1.82) is 0 Å². The lowest BCUT2D eigenvalue weighted by Gasteiger charge is -2.08. The molecule has 0 unspecified atom stereocenters. The first-order valence-electron chi connectivity index (χ1n) is 7.69. The quantitative estimate of drug-likeness (QED) is 0.499.